The zero-order chi connectivity index (χ0) is 16.5. The molecule has 0 aliphatic heterocycles. The molecule has 22 heavy (non-hydrogen) atoms. The lowest BCUT2D eigenvalue weighted by atomic mass is 10.9. The van der Waals surface area contributed by atoms with Gasteiger partial charge in [0.2, 0.25) is 24.3 Å². The Morgan fingerprint density at radius 3 is 0.955 bits per heavy atom. The van der Waals surface area contributed by atoms with Crippen molar-refractivity contribution in [3.05, 3.63) is 0 Å². The average Bonchev–Trinajstić information content (AvgIpc) is 2.53. The van der Waals surface area contributed by atoms with Crippen molar-refractivity contribution in [2.45, 2.75) is 9.16 Å². The molecule has 0 aliphatic rings. The highest BCUT2D eigenvalue weighted by Crippen LogP contribution is 2.39. The van der Waals surface area contributed by atoms with Crippen LogP contribution in [0.25, 0.3) is 0 Å². The van der Waals surface area contributed by atoms with Gasteiger partial charge in [0.15, 0.2) is 0 Å². The Morgan fingerprint density at radius 2 is 0.773 bits per heavy atom. The molecule has 118 valence electrons. The van der Waals surface area contributed by atoms with E-state index >= 15 is 0 Å². The molecule has 0 N–H and O–H groups in total. The van der Waals surface area contributed by atoms with E-state index in [1.54, 1.807) is 0 Å². The summed E-state index contributed by atoms with van der Waals surface area (Å²) in [5, 5.41) is 0. The first-order valence-corrected chi connectivity index (χ1v) is 9.60. The Labute approximate surface area is 143 Å². The van der Waals surface area contributed by atoms with Gasteiger partial charge in [0, 0.05) is 0 Å². The Balaban J connectivity index is 4.81. The monoisotopic (exact) mass is 378 g/mol. The quantitative estimate of drug-likeness (QED) is 0.270. The van der Waals surface area contributed by atoms with E-state index in [-0.39, 0.29) is 32.7 Å². The van der Waals surface area contributed by atoms with Crippen LogP contribution >= 0.6 is 47.0 Å². The highest BCUT2D eigenvalue weighted by atomic mass is 32.2. The van der Waals surface area contributed by atoms with E-state index in [0.29, 0.717) is 0 Å². The van der Waals surface area contributed by atoms with Crippen molar-refractivity contribution in [3.8, 4) is 0 Å². The minimum Gasteiger partial charge on any atom is -0.211 e. The molecule has 0 aliphatic carbocycles. The van der Waals surface area contributed by atoms with Crippen LogP contribution in [0.2, 0.25) is 0 Å². The second kappa shape index (κ2) is 16.3. The first kappa shape index (κ1) is 20.9. The Hall–Kier alpha value is -1.08. The standard InChI is InChI=1S/C10H10N4O4S4/c15-1-11-5-19-9(20-6-12-2-16)10(21-7-13-3-17)22-8-14-4-18/h9-10H,5-8H2. The third kappa shape index (κ3) is 11.6. The summed E-state index contributed by atoms with van der Waals surface area (Å²) in [6.07, 6.45) is 5.76. The summed E-state index contributed by atoms with van der Waals surface area (Å²) < 4.78 is -0.263. The summed E-state index contributed by atoms with van der Waals surface area (Å²) >= 11 is 5.37. The van der Waals surface area contributed by atoms with Crippen molar-refractivity contribution in [1.29, 1.82) is 0 Å². The summed E-state index contributed by atoms with van der Waals surface area (Å²) in [7, 11) is 0. The lowest BCUT2D eigenvalue weighted by molar-refractivity contribution is 0.563. The molecule has 0 aromatic rings. The van der Waals surface area contributed by atoms with Crippen LogP contribution < -0.4 is 0 Å². The highest BCUT2D eigenvalue weighted by molar-refractivity contribution is 8.23. The number of thioether (sulfide) groups is 4. The van der Waals surface area contributed by atoms with Crippen LogP contribution in [0.4, 0.5) is 0 Å². The molecule has 0 unspecified atom stereocenters. The predicted octanol–water partition coefficient (Wildman–Crippen LogP) is 1.74. The highest BCUT2D eigenvalue weighted by Gasteiger charge is 2.23. The predicted molar refractivity (Wildman–Crippen MR) is 89.9 cm³/mol. The maximum Gasteiger partial charge on any atom is 0.235 e. The number of carbonyl (C=O) groups excluding carboxylic acids is 4. The molecule has 0 radical (unpaired) electrons. The lowest BCUT2D eigenvalue weighted by Crippen LogP contribution is -2.15. The molecule has 0 atom stereocenters. The normalized spacial score (nSPS) is 11.8. The smallest absolute Gasteiger partial charge is 0.211 e. The molecule has 0 rings (SSSR count). The van der Waals surface area contributed by atoms with Gasteiger partial charge in [0.1, 0.15) is 0 Å². The fourth-order valence-electron chi connectivity index (χ4n) is 0.959. The summed E-state index contributed by atoms with van der Waals surface area (Å²) in [6.45, 7) is 0. The van der Waals surface area contributed by atoms with E-state index in [9.17, 15) is 19.2 Å². The van der Waals surface area contributed by atoms with Crippen molar-refractivity contribution >= 4 is 71.4 Å². The van der Waals surface area contributed by atoms with Gasteiger partial charge < -0.3 is 0 Å². The minimum atomic E-state index is -0.132. The van der Waals surface area contributed by atoms with Crippen LogP contribution in [-0.2, 0) is 19.2 Å². The third-order valence-corrected chi connectivity index (χ3v) is 7.53. The number of isocyanates is 4. The molecule has 0 heterocycles. The number of rotatable bonds is 13. The first-order valence-electron chi connectivity index (χ1n) is 5.41. The summed E-state index contributed by atoms with van der Waals surface area (Å²) in [5.74, 6) is 0.768. The van der Waals surface area contributed by atoms with Gasteiger partial charge in [-0.05, 0) is 0 Å². The second-order valence-electron chi connectivity index (χ2n) is 2.92. The van der Waals surface area contributed by atoms with Crippen molar-refractivity contribution < 1.29 is 19.2 Å². The van der Waals surface area contributed by atoms with Gasteiger partial charge in [-0.3, -0.25) is 0 Å². The van der Waals surface area contributed by atoms with Crippen molar-refractivity contribution in [2.75, 3.05) is 23.5 Å². The summed E-state index contributed by atoms with van der Waals surface area (Å²) in [4.78, 5) is 54.4. The summed E-state index contributed by atoms with van der Waals surface area (Å²) in [5.41, 5.74) is 0. The van der Waals surface area contributed by atoms with Crippen LogP contribution in [0.1, 0.15) is 0 Å². The SMILES string of the molecule is O=C=NCSC(SCN=C=O)C(SCN=C=O)SCN=C=O. The van der Waals surface area contributed by atoms with Crippen molar-refractivity contribution in [2.24, 2.45) is 20.0 Å². The van der Waals surface area contributed by atoms with Crippen LogP contribution in [0.3, 0.4) is 0 Å². The minimum absolute atomic E-state index is 0.132. The Kier molecular flexibility index (Phi) is 15.5. The molecule has 0 saturated heterocycles. The average molecular weight is 378 g/mol. The Morgan fingerprint density at radius 1 is 0.545 bits per heavy atom. The molecule has 0 aromatic heterocycles. The molecule has 0 saturated carbocycles. The number of hydrogen-bond acceptors (Lipinski definition) is 12. The number of hydrogen-bond donors (Lipinski definition) is 0. The van der Waals surface area contributed by atoms with E-state index in [2.05, 4.69) is 20.0 Å². The molecule has 8 nitrogen and oxygen atoms in total. The van der Waals surface area contributed by atoms with Crippen molar-refractivity contribution in [1.82, 2.24) is 0 Å². The van der Waals surface area contributed by atoms with Crippen LogP contribution in [0, 0.1) is 0 Å². The largest absolute Gasteiger partial charge is 0.235 e. The van der Waals surface area contributed by atoms with Gasteiger partial charge in [-0.1, -0.05) is 0 Å². The van der Waals surface area contributed by atoms with E-state index in [0.717, 1.165) is 0 Å². The first-order chi connectivity index (χ1) is 10.8. The molecule has 12 heteroatoms. The summed E-state index contributed by atoms with van der Waals surface area (Å²) in [6, 6.07) is 0. The number of nitrogens with zero attached hydrogens (tertiary/aromatic N) is 4. The van der Waals surface area contributed by atoms with E-state index in [4.69, 9.17) is 0 Å². The van der Waals surface area contributed by atoms with Gasteiger partial charge in [0.25, 0.3) is 0 Å². The van der Waals surface area contributed by atoms with Crippen LogP contribution in [0.5, 0.6) is 0 Å². The lowest BCUT2D eigenvalue weighted by Gasteiger charge is -2.22. The molecular weight excluding hydrogens is 368 g/mol. The number of aliphatic imine (C=N–C) groups is 4. The van der Waals surface area contributed by atoms with Gasteiger partial charge in [-0.15, -0.1) is 47.0 Å². The molecule has 0 spiro atoms. The molecule has 0 fully saturated rings. The maximum absolute atomic E-state index is 10.1. The molecule has 0 bridgehead atoms. The third-order valence-electron chi connectivity index (χ3n) is 1.69. The molecule has 0 amide bonds. The topological polar surface area (TPSA) is 118 Å². The van der Waals surface area contributed by atoms with Crippen LogP contribution in [-0.4, -0.2) is 57.0 Å². The fraction of sp³-hybridized carbons (Fsp3) is 0.600. The van der Waals surface area contributed by atoms with E-state index in [1.807, 2.05) is 0 Å². The van der Waals surface area contributed by atoms with Gasteiger partial charge >= 0.3 is 0 Å². The van der Waals surface area contributed by atoms with E-state index < -0.39 is 0 Å². The molecular formula is C10H10N4O4S4. The van der Waals surface area contributed by atoms with E-state index in [1.165, 1.54) is 71.4 Å². The van der Waals surface area contributed by atoms with Crippen molar-refractivity contribution in [3.63, 3.8) is 0 Å². The van der Waals surface area contributed by atoms with Gasteiger partial charge in [0.05, 0.1) is 32.7 Å². The maximum atomic E-state index is 10.1. The second-order valence-corrected chi connectivity index (χ2v) is 7.91. The van der Waals surface area contributed by atoms with Gasteiger partial charge in [-0.25, -0.2) is 19.2 Å². The van der Waals surface area contributed by atoms with Crippen LogP contribution in [0.15, 0.2) is 20.0 Å². The molecule has 0 aromatic carbocycles. The van der Waals surface area contributed by atoms with Gasteiger partial charge in [-0.2, -0.15) is 20.0 Å². The fourth-order valence-corrected chi connectivity index (χ4v) is 6.07. The Bertz CT molecular complexity index is 419. The zero-order valence-electron chi connectivity index (χ0n) is 11.0. The zero-order valence-corrected chi connectivity index (χ0v) is 14.3.